The van der Waals surface area contributed by atoms with Crippen LogP contribution in [0.2, 0.25) is 0 Å². The van der Waals surface area contributed by atoms with Crippen molar-refractivity contribution >= 4 is 22.5 Å². The molecule has 122 valence electrons. The first-order valence-corrected chi connectivity index (χ1v) is 6.92. The van der Waals surface area contributed by atoms with Crippen molar-refractivity contribution in [1.29, 1.82) is 0 Å². The van der Waals surface area contributed by atoms with Crippen molar-refractivity contribution in [1.82, 2.24) is 9.55 Å². The number of hydrogen-bond donors (Lipinski definition) is 2. The van der Waals surface area contributed by atoms with Gasteiger partial charge in [-0.3, -0.25) is 14.2 Å². The summed E-state index contributed by atoms with van der Waals surface area (Å²) in [5.41, 5.74) is -1.28. The number of halogens is 2. The van der Waals surface area contributed by atoms with Crippen LogP contribution < -0.4 is 16.6 Å². The number of carbonyl (C=O) groups is 1. The van der Waals surface area contributed by atoms with E-state index in [4.69, 9.17) is 0 Å². The Labute approximate surface area is 133 Å². The number of amides is 1. The van der Waals surface area contributed by atoms with Gasteiger partial charge >= 0.3 is 5.69 Å². The fourth-order valence-corrected chi connectivity index (χ4v) is 2.27. The third-order valence-corrected chi connectivity index (χ3v) is 3.40. The van der Waals surface area contributed by atoms with Gasteiger partial charge in [-0.25, -0.2) is 13.6 Å². The van der Waals surface area contributed by atoms with Crippen LogP contribution in [0.5, 0.6) is 0 Å². The summed E-state index contributed by atoms with van der Waals surface area (Å²) in [4.78, 5) is 38.7. The predicted molar refractivity (Wildman–Crippen MR) is 83.8 cm³/mol. The number of H-pyrrole nitrogens is 1. The third-order valence-electron chi connectivity index (χ3n) is 3.40. The van der Waals surface area contributed by atoms with Gasteiger partial charge < -0.3 is 10.3 Å². The molecule has 0 fully saturated rings. The van der Waals surface area contributed by atoms with Gasteiger partial charge in [0.15, 0.2) is 0 Å². The SMILES string of the molecule is O=C(Cn1c(=O)[nH]c2ccccc2c1=O)Nc1ccc(F)cc1F. The summed E-state index contributed by atoms with van der Waals surface area (Å²) < 4.78 is 27.1. The molecule has 0 aliphatic rings. The highest BCUT2D eigenvalue weighted by atomic mass is 19.1. The molecule has 1 aromatic heterocycles. The number of rotatable bonds is 3. The van der Waals surface area contributed by atoms with E-state index in [0.717, 1.165) is 12.1 Å². The van der Waals surface area contributed by atoms with Gasteiger partial charge in [0.2, 0.25) is 5.91 Å². The first-order chi connectivity index (χ1) is 11.5. The topological polar surface area (TPSA) is 84.0 Å². The smallest absolute Gasteiger partial charge is 0.322 e. The summed E-state index contributed by atoms with van der Waals surface area (Å²) in [6, 6.07) is 9.01. The minimum atomic E-state index is -0.955. The summed E-state index contributed by atoms with van der Waals surface area (Å²) in [5, 5.41) is 2.44. The van der Waals surface area contributed by atoms with Crippen molar-refractivity contribution in [2.45, 2.75) is 6.54 Å². The lowest BCUT2D eigenvalue weighted by molar-refractivity contribution is -0.116. The van der Waals surface area contributed by atoms with E-state index in [1.54, 1.807) is 18.2 Å². The van der Waals surface area contributed by atoms with Gasteiger partial charge in [0.1, 0.15) is 18.2 Å². The number of aromatic nitrogens is 2. The average Bonchev–Trinajstić information content (AvgIpc) is 2.54. The quantitative estimate of drug-likeness (QED) is 0.765. The molecule has 8 heteroatoms. The number of carbonyl (C=O) groups excluding carboxylic acids is 1. The van der Waals surface area contributed by atoms with Gasteiger partial charge in [0, 0.05) is 6.07 Å². The van der Waals surface area contributed by atoms with Crippen molar-refractivity contribution in [2.75, 3.05) is 5.32 Å². The van der Waals surface area contributed by atoms with Crippen LogP contribution in [-0.2, 0) is 11.3 Å². The van der Waals surface area contributed by atoms with E-state index in [9.17, 15) is 23.2 Å². The molecule has 3 aromatic rings. The first kappa shape index (κ1) is 15.6. The molecule has 0 atom stereocenters. The maximum absolute atomic E-state index is 13.5. The molecule has 0 aliphatic carbocycles. The lowest BCUT2D eigenvalue weighted by Crippen LogP contribution is -2.38. The van der Waals surface area contributed by atoms with E-state index < -0.39 is 35.3 Å². The van der Waals surface area contributed by atoms with Gasteiger partial charge in [-0.1, -0.05) is 12.1 Å². The molecule has 0 unspecified atom stereocenters. The maximum atomic E-state index is 13.5. The van der Waals surface area contributed by atoms with Crippen molar-refractivity contribution in [3.05, 3.63) is 74.9 Å². The molecule has 0 bridgehead atoms. The van der Waals surface area contributed by atoms with E-state index in [1.165, 1.54) is 6.07 Å². The fraction of sp³-hybridized carbons (Fsp3) is 0.0625. The molecular weight excluding hydrogens is 320 g/mol. The molecular formula is C16H11F2N3O3. The van der Waals surface area contributed by atoms with E-state index in [0.29, 0.717) is 16.2 Å². The minimum Gasteiger partial charge on any atom is -0.322 e. The van der Waals surface area contributed by atoms with Crippen LogP contribution in [0.4, 0.5) is 14.5 Å². The lowest BCUT2D eigenvalue weighted by Gasteiger charge is -2.08. The highest BCUT2D eigenvalue weighted by Gasteiger charge is 2.13. The van der Waals surface area contributed by atoms with Crippen LogP contribution in [0, 0.1) is 11.6 Å². The number of nitrogens with one attached hydrogen (secondary N) is 2. The number of hydrogen-bond acceptors (Lipinski definition) is 3. The maximum Gasteiger partial charge on any atom is 0.329 e. The zero-order chi connectivity index (χ0) is 17.3. The number of anilines is 1. The molecule has 0 saturated heterocycles. The van der Waals surface area contributed by atoms with Gasteiger partial charge in [0.25, 0.3) is 5.56 Å². The number of nitrogens with zero attached hydrogens (tertiary/aromatic N) is 1. The van der Waals surface area contributed by atoms with E-state index in [2.05, 4.69) is 10.3 Å². The van der Waals surface area contributed by atoms with Crippen molar-refractivity contribution in [3.8, 4) is 0 Å². The van der Waals surface area contributed by atoms with E-state index in [-0.39, 0.29) is 11.1 Å². The Morgan fingerprint density at radius 1 is 1.12 bits per heavy atom. The zero-order valence-corrected chi connectivity index (χ0v) is 12.2. The molecule has 3 rings (SSSR count). The minimum absolute atomic E-state index is 0.244. The van der Waals surface area contributed by atoms with E-state index in [1.807, 2.05) is 0 Å². The number of aromatic amines is 1. The normalized spacial score (nSPS) is 10.8. The van der Waals surface area contributed by atoms with Crippen LogP contribution in [0.3, 0.4) is 0 Å². The molecule has 6 nitrogen and oxygen atoms in total. The Morgan fingerprint density at radius 2 is 1.88 bits per heavy atom. The molecule has 0 radical (unpaired) electrons. The molecule has 0 saturated carbocycles. The molecule has 0 aliphatic heterocycles. The average molecular weight is 331 g/mol. The van der Waals surface area contributed by atoms with Gasteiger partial charge in [-0.15, -0.1) is 0 Å². The monoisotopic (exact) mass is 331 g/mol. The standard InChI is InChI=1S/C16H11F2N3O3/c17-9-5-6-13(11(18)7-9)19-14(22)8-21-15(23)10-3-1-2-4-12(10)20-16(21)24/h1-7H,8H2,(H,19,22)(H,20,24). The summed E-state index contributed by atoms with van der Waals surface area (Å²) in [6.45, 7) is -0.601. The highest BCUT2D eigenvalue weighted by molar-refractivity contribution is 5.90. The summed E-state index contributed by atoms with van der Waals surface area (Å²) in [6.07, 6.45) is 0. The van der Waals surface area contributed by atoms with Gasteiger partial charge in [-0.2, -0.15) is 0 Å². The first-order valence-electron chi connectivity index (χ1n) is 6.92. The van der Waals surface area contributed by atoms with Crippen LogP contribution >= 0.6 is 0 Å². The van der Waals surface area contributed by atoms with Crippen LogP contribution in [0.25, 0.3) is 10.9 Å². The second kappa shape index (κ2) is 6.07. The molecule has 2 aromatic carbocycles. The zero-order valence-electron chi connectivity index (χ0n) is 12.2. The van der Waals surface area contributed by atoms with E-state index >= 15 is 0 Å². The predicted octanol–water partition coefficient (Wildman–Crippen LogP) is 1.61. The molecule has 1 amide bonds. The fourth-order valence-electron chi connectivity index (χ4n) is 2.27. The lowest BCUT2D eigenvalue weighted by atomic mass is 10.2. The highest BCUT2D eigenvalue weighted by Crippen LogP contribution is 2.14. The summed E-state index contributed by atoms with van der Waals surface area (Å²) >= 11 is 0. The molecule has 2 N–H and O–H groups in total. The Morgan fingerprint density at radius 3 is 2.62 bits per heavy atom. The van der Waals surface area contributed by atoms with Crippen LogP contribution in [0.15, 0.2) is 52.1 Å². The van der Waals surface area contributed by atoms with Crippen LogP contribution in [-0.4, -0.2) is 15.5 Å². The third kappa shape index (κ3) is 2.94. The van der Waals surface area contributed by atoms with Crippen molar-refractivity contribution < 1.29 is 13.6 Å². The Kier molecular flexibility index (Phi) is 3.95. The summed E-state index contributed by atoms with van der Waals surface area (Å²) in [5.74, 6) is -2.53. The van der Waals surface area contributed by atoms with Gasteiger partial charge in [0.05, 0.1) is 16.6 Å². The Bertz CT molecular complexity index is 1060. The van der Waals surface area contributed by atoms with Crippen molar-refractivity contribution in [2.24, 2.45) is 0 Å². The molecule has 24 heavy (non-hydrogen) atoms. The molecule has 1 heterocycles. The Hall–Kier alpha value is -3.29. The number of benzene rings is 2. The number of para-hydroxylation sites is 1. The largest absolute Gasteiger partial charge is 0.329 e. The second-order valence-electron chi connectivity index (χ2n) is 5.04. The molecule has 0 spiro atoms. The van der Waals surface area contributed by atoms with Crippen molar-refractivity contribution in [3.63, 3.8) is 0 Å². The Balaban J connectivity index is 1.91. The number of fused-ring (bicyclic) bond motifs is 1. The van der Waals surface area contributed by atoms with Gasteiger partial charge in [-0.05, 0) is 24.3 Å². The second-order valence-corrected chi connectivity index (χ2v) is 5.04. The van der Waals surface area contributed by atoms with Crippen LogP contribution in [0.1, 0.15) is 0 Å². The summed E-state index contributed by atoms with van der Waals surface area (Å²) in [7, 11) is 0.